The Morgan fingerprint density at radius 3 is 2.22 bits per heavy atom. The first-order valence-electron chi connectivity index (χ1n) is 7.81. The van der Waals surface area contributed by atoms with Crippen molar-refractivity contribution in [2.45, 2.75) is 20.8 Å². The van der Waals surface area contributed by atoms with Gasteiger partial charge in [-0.3, -0.25) is 4.79 Å². The quantitative estimate of drug-likeness (QED) is 0.796. The van der Waals surface area contributed by atoms with Crippen molar-refractivity contribution >= 4 is 5.91 Å². The first-order valence-corrected chi connectivity index (χ1v) is 7.81. The number of nitrogens with one attached hydrogen (secondary N) is 1. The second-order valence-corrected chi connectivity index (χ2v) is 5.31. The maximum Gasteiger partial charge on any atom is 0.251 e. The molecule has 0 aromatic heterocycles. The summed E-state index contributed by atoms with van der Waals surface area (Å²) in [5.74, 6) is 1.50. The summed E-state index contributed by atoms with van der Waals surface area (Å²) >= 11 is 0. The lowest BCUT2D eigenvalue weighted by molar-refractivity contribution is 0.0947. The van der Waals surface area contributed by atoms with Gasteiger partial charge in [-0.25, -0.2) is 0 Å². The molecule has 4 nitrogen and oxygen atoms in total. The van der Waals surface area contributed by atoms with E-state index in [-0.39, 0.29) is 5.91 Å². The van der Waals surface area contributed by atoms with Gasteiger partial charge in [-0.05, 0) is 68.3 Å². The number of ether oxygens (including phenoxy) is 2. The van der Waals surface area contributed by atoms with Crippen molar-refractivity contribution < 1.29 is 14.3 Å². The van der Waals surface area contributed by atoms with E-state index in [4.69, 9.17) is 9.47 Å². The molecule has 23 heavy (non-hydrogen) atoms. The fourth-order valence-electron chi connectivity index (χ4n) is 2.12. The molecule has 4 heteroatoms. The molecule has 0 atom stereocenters. The molecule has 1 amide bonds. The third-order valence-electron chi connectivity index (χ3n) is 3.56. The first kappa shape index (κ1) is 16.9. The molecule has 2 aromatic carbocycles. The molecule has 0 unspecified atom stereocenters. The summed E-state index contributed by atoms with van der Waals surface area (Å²) in [7, 11) is 0. The Balaban J connectivity index is 1.76. The Morgan fingerprint density at radius 2 is 1.61 bits per heavy atom. The number of aryl methyl sites for hydroxylation is 2. The highest BCUT2D eigenvalue weighted by atomic mass is 16.5. The van der Waals surface area contributed by atoms with E-state index < -0.39 is 0 Å². The molecule has 0 bridgehead atoms. The van der Waals surface area contributed by atoms with Crippen molar-refractivity contribution in [3.8, 4) is 11.5 Å². The summed E-state index contributed by atoms with van der Waals surface area (Å²) < 4.78 is 11.0. The Hall–Kier alpha value is -2.49. The highest BCUT2D eigenvalue weighted by Crippen LogP contribution is 2.17. The SMILES string of the molecule is CCOc1ccc(OCCNC(=O)c2ccc(C)c(C)c2)cc1. The molecule has 0 aliphatic carbocycles. The van der Waals surface area contributed by atoms with Gasteiger partial charge in [0, 0.05) is 5.56 Å². The van der Waals surface area contributed by atoms with Crippen LogP contribution >= 0.6 is 0 Å². The number of amides is 1. The van der Waals surface area contributed by atoms with Gasteiger partial charge in [0.1, 0.15) is 18.1 Å². The average Bonchev–Trinajstić information content (AvgIpc) is 2.55. The number of benzene rings is 2. The molecule has 122 valence electrons. The lowest BCUT2D eigenvalue weighted by atomic mass is 10.1. The Kier molecular flexibility index (Phi) is 6.03. The zero-order valence-corrected chi connectivity index (χ0v) is 13.9. The lowest BCUT2D eigenvalue weighted by Gasteiger charge is -2.09. The number of hydrogen-bond acceptors (Lipinski definition) is 3. The van der Waals surface area contributed by atoms with Crippen LogP contribution in [0.25, 0.3) is 0 Å². The van der Waals surface area contributed by atoms with Gasteiger partial charge in [-0.2, -0.15) is 0 Å². The molecule has 0 saturated heterocycles. The monoisotopic (exact) mass is 313 g/mol. The normalized spacial score (nSPS) is 10.2. The molecule has 0 aliphatic rings. The maximum absolute atomic E-state index is 12.1. The minimum atomic E-state index is -0.0802. The van der Waals surface area contributed by atoms with E-state index in [0.717, 1.165) is 17.1 Å². The van der Waals surface area contributed by atoms with Crippen LogP contribution in [0, 0.1) is 13.8 Å². The topological polar surface area (TPSA) is 47.6 Å². The highest BCUT2D eigenvalue weighted by Gasteiger charge is 2.06. The van der Waals surface area contributed by atoms with Crippen LogP contribution in [0.4, 0.5) is 0 Å². The second-order valence-electron chi connectivity index (χ2n) is 5.31. The van der Waals surface area contributed by atoms with Crippen LogP contribution in [0.3, 0.4) is 0 Å². The second kappa shape index (κ2) is 8.22. The van der Waals surface area contributed by atoms with Crippen LogP contribution in [0.2, 0.25) is 0 Å². The van der Waals surface area contributed by atoms with Crippen molar-refractivity contribution in [2.24, 2.45) is 0 Å². The van der Waals surface area contributed by atoms with Gasteiger partial charge in [0.05, 0.1) is 13.2 Å². The van der Waals surface area contributed by atoms with Gasteiger partial charge in [-0.15, -0.1) is 0 Å². The van der Waals surface area contributed by atoms with Crippen LogP contribution in [0.15, 0.2) is 42.5 Å². The predicted molar refractivity (Wildman–Crippen MR) is 91.4 cm³/mol. The molecule has 1 N–H and O–H groups in total. The van der Waals surface area contributed by atoms with Gasteiger partial charge in [0.25, 0.3) is 5.91 Å². The van der Waals surface area contributed by atoms with E-state index in [0.29, 0.717) is 25.3 Å². The molecular formula is C19H23NO3. The molecule has 0 radical (unpaired) electrons. The van der Waals surface area contributed by atoms with E-state index >= 15 is 0 Å². The van der Waals surface area contributed by atoms with Crippen molar-refractivity contribution in [3.05, 3.63) is 59.2 Å². The van der Waals surface area contributed by atoms with E-state index in [9.17, 15) is 4.79 Å². The summed E-state index contributed by atoms with van der Waals surface area (Å²) in [6.45, 7) is 7.50. The first-order chi connectivity index (χ1) is 11.1. The summed E-state index contributed by atoms with van der Waals surface area (Å²) in [4.78, 5) is 12.1. The molecule has 0 aliphatic heterocycles. The molecule has 0 saturated carbocycles. The van der Waals surface area contributed by atoms with E-state index in [2.05, 4.69) is 5.32 Å². The molecule has 0 heterocycles. The highest BCUT2D eigenvalue weighted by molar-refractivity contribution is 5.94. The van der Waals surface area contributed by atoms with E-state index in [1.807, 2.05) is 63.2 Å². The van der Waals surface area contributed by atoms with Crippen LogP contribution in [-0.2, 0) is 0 Å². The van der Waals surface area contributed by atoms with Crippen LogP contribution in [0.1, 0.15) is 28.4 Å². The Labute approximate surface area is 137 Å². The fourth-order valence-corrected chi connectivity index (χ4v) is 2.12. The molecule has 0 spiro atoms. The number of rotatable bonds is 7. The number of carbonyl (C=O) groups is 1. The molecule has 2 aromatic rings. The van der Waals surface area contributed by atoms with Gasteiger partial charge >= 0.3 is 0 Å². The lowest BCUT2D eigenvalue weighted by Crippen LogP contribution is -2.28. The predicted octanol–water partition coefficient (Wildman–Crippen LogP) is 3.51. The van der Waals surface area contributed by atoms with Gasteiger partial charge in [-0.1, -0.05) is 6.07 Å². The average molecular weight is 313 g/mol. The van der Waals surface area contributed by atoms with Crippen LogP contribution in [-0.4, -0.2) is 25.7 Å². The van der Waals surface area contributed by atoms with Crippen molar-refractivity contribution in [3.63, 3.8) is 0 Å². The minimum Gasteiger partial charge on any atom is -0.494 e. The Bertz CT molecular complexity index is 650. The van der Waals surface area contributed by atoms with Crippen molar-refractivity contribution in [1.82, 2.24) is 5.32 Å². The van der Waals surface area contributed by atoms with E-state index in [1.54, 1.807) is 0 Å². The zero-order chi connectivity index (χ0) is 16.7. The van der Waals surface area contributed by atoms with Gasteiger partial charge in [0.2, 0.25) is 0 Å². The summed E-state index contributed by atoms with van der Waals surface area (Å²) in [6, 6.07) is 13.1. The third kappa shape index (κ3) is 5.02. The summed E-state index contributed by atoms with van der Waals surface area (Å²) in [6.07, 6.45) is 0. The smallest absolute Gasteiger partial charge is 0.251 e. The van der Waals surface area contributed by atoms with Crippen LogP contribution in [0.5, 0.6) is 11.5 Å². The minimum absolute atomic E-state index is 0.0802. The Morgan fingerprint density at radius 1 is 0.957 bits per heavy atom. The molecular weight excluding hydrogens is 290 g/mol. The third-order valence-corrected chi connectivity index (χ3v) is 3.56. The van der Waals surface area contributed by atoms with Crippen molar-refractivity contribution in [1.29, 1.82) is 0 Å². The standard InChI is InChI=1S/C19H23NO3/c1-4-22-17-7-9-18(10-8-17)23-12-11-20-19(21)16-6-5-14(2)15(3)13-16/h5-10,13H,4,11-12H2,1-3H3,(H,20,21). The zero-order valence-electron chi connectivity index (χ0n) is 13.9. The van der Waals surface area contributed by atoms with Gasteiger partial charge in [0.15, 0.2) is 0 Å². The number of carbonyl (C=O) groups excluding carboxylic acids is 1. The largest absolute Gasteiger partial charge is 0.494 e. The van der Waals surface area contributed by atoms with Crippen LogP contribution < -0.4 is 14.8 Å². The summed E-state index contributed by atoms with van der Waals surface area (Å²) in [5, 5.41) is 2.86. The van der Waals surface area contributed by atoms with Gasteiger partial charge < -0.3 is 14.8 Å². The summed E-state index contributed by atoms with van der Waals surface area (Å²) in [5.41, 5.74) is 2.97. The molecule has 2 rings (SSSR count). The van der Waals surface area contributed by atoms with Crippen molar-refractivity contribution in [2.75, 3.05) is 19.8 Å². The number of hydrogen-bond donors (Lipinski definition) is 1. The molecule has 0 fully saturated rings. The fraction of sp³-hybridized carbons (Fsp3) is 0.316. The van der Waals surface area contributed by atoms with E-state index in [1.165, 1.54) is 5.56 Å². The maximum atomic E-state index is 12.1.